The maximum absolute atomic E-state index is 12.7. The summed E-state index contributed by atoms with van der Waals surface area (Å²) in [5.41, 5.74) is 7.75. The topological polar surface area (TPSA) is 146 Å². The number of carbonyl (C=O) groups excluding carboxylic acids is 2. The van der Waals surface area contributed by atoms with Gasteiger partial charge in [-0.2, -0.15) is 0 Å². The quantitative estimate of drug-likeness (QED) is 0.125. The van der Waals surface area contributed by atoms with Crippen LogP contribution in [0.2, 0.25) is 0 Å². The number of benzene rings is 3. The minimum Gasteiger partial charge on any atom is -0.494 e. The first-order valence-corrected chi connectivity index (χ1v) is 13.5. The van der Waals surface area contributed by atoms with Gasteiger partial charge in [0.1, 0.15) is 11.8 Å². The molecule has 0 saturated heterocycles. The van der Waals surface area contributed by atoms with Gasteiger partial charge in [0, 0.05) is 6.08 Å². The highest BCUT2D eigenvalue weighted by Gasteiger charge is 2.14. The molecule has 1 atom stereocenters. The predicted molar refractivity (Wildman–Crippen MR) is 159 cm³/mol. The molecule has 0 radical (unpaired) electrons. The van der Waals surface area contributed by atoms with E-state index in [-0.39, 0.29) is 18.6 Å². The largest absolute Gasteiger partial charge is 0.494 e. The minimum atomic E-state index is -1.03. The molecule has 3 aromatic carbocycles. The Bertz CT molecular complexity index is 1370. The van der Waals surface area contributed by atoms with Crippen LogP contribution in [0.1, 0.15) is 40.7 Å². The molecule has 3 aromatic rings. The van der Waals surface area contributed by atoms with Crippen molar-refractivity contribution >= 4 is 29.6 Å². The molecule has 4 N–H and O–H groups in total. The molecular formula is C32H36N2O8. The van der Waals surface area contributed by atoms with Crippen molar-refractivity contribution in [1.29, 1.82) is 0 Å². The molecule has 0 aliphatic carbocycles. The second-order valence-corrected chi connectivity index (χ2v) is 9.32. The van der Waals surface area contributed by atoms with Crippen LogP contribution in [0.3, 0.4) is 0 Å². The molecule has 0 aromatic heterocycles. The molecule has 0 aliphatic rings. The third-order valence-corrected chi connectivity index (χ3v) is 6.23. The maximum Gasteiger partial charge on any atom is 0.340 e. The molecule has 1 amide bonds. The SMILES string of the molecule is COc1ccc(C=CC(=O)Nc2ccccc2C(=O)OCCCCCOc2ccc(C[C@H](N)C(=O)O)cc2)cc1OC. The van der Waals surface area contributed by atoms with E-state index < -0.39 is 23.9 Å². The number of aliphatic carboxylic acids is 1. The van der Waals surface area contributed by atoms with Crippen molar-refractivity contribution in [2.45, 2.75) is 31.7 Å². The van der Waals surface area contributed by atoms with Gasteiger partial charge >= 0.3 is 11.9 Å². The van der Waals surface area contributed by atoms with Crippen molar-refractivity contribution in [3.8, 4) is 17.2 Å². The first kappa shape index (κ1) is 31.7. The number of hydrogen-bond acceptors (Lipinski definition) is 8. The van der Waals surface area contributed by atoms with E-state index in [1.807, 2.05) is 0 Å². The van der Waals surface area contributed by atoms with Crippen LogP contribution in [0, 0.1) is 0 Å². The molecule has 0 saturated carbocycles. The minimum absolute atomic E-state index is 0.235. The summed E-state index contributed by atoms with van der Waals surface area (Å²) in [6, 6.07) is 18.2. The zero-order valence-corrected chi connectivity index (χ0v) is 23.7. The van der Waals surface area contributed by atoms with E-state index in [4.69, 9.17) is 29.8 Å². The van der Waals surface area contributed by atoms with E-state index in [0.717, 1.165) is 24.0 Å². The van der Waals surface area contributed by atoms with Gasteiger partial charge in [-0.15, -0.1) is 0 Å². The molecule has 0 fully saturated rings. The molecule has 3 rings (SSSR count). The Kier molecular flexibility index (Phi) is 12.4. The number of nitrogens with one attached hydrogen (secondary N) is 1. The Morgan fingerprint density at radius 3 is 2.33 bits per heavy atom. The van der Waals surface area contributed by atoms with Gasteiger partial charge in [0.2, 0.25) is 5.91 Å². The monoisotopic (exact) mass is 576 g/mol. The van der Waals surface area contributed by atoms with Crippen LogP contribution in [0.4, 0.5) is 5.69 Å². The van der Waals surface area contributed by atoms with Gasteiger partial charge in [-0.05, 0) is 79.3 Å². The first-order valence-electron chi connectivity index (χ1n) is 13.5. The maximum atomic E-state index is 12.7. The Hall–Kier alpha value is -4.83. The van der Waals surface area contributed by atoms with Gasteiger partial charge in [0.25, 0.3) is 0 Å². The number of ether oxygens (including phenoxy) is 4. The molecule has 0 heterocycles. The Labute approximate surface area is 245 Å². The Morgan fingerprint density at radius 1 is 0.905 bits per heavy atom. The highest BCUT2D eigenvalue weighted by Crippen LogP contribution is 2.28. The van der Waals surface area contributed by atoms with Gasteiger partial charge in [-0.1, -0.05) is 30.3 Å². The molecule has 222 valence electrons. The molecule has 42 heavy (non-hydrogen) atoms. The van der Waals surface area contributed by atoms with E-state index in [1.165, 1.54) is 13.2 Å². The van der Waals surface area contributed by atoms with Gasteiger partial charge in [-0.25, -0.2) is 4.79 Å². The van der Waals surface area contributed by atoms with Crippen LogP contribution in [-0.2, 0) is 20.7 Å². The Morgan fingerprint density at radius 2 is 1.62 bits per heavy atom. The summed E-state index contributed by atoms with van der Waals surface area (Å²) in [6.07, 6.45) is 5.47. The number of para-hydroxylation sites is 1. The molecule has 10 heteroatoms. The second kappa shape index (κ2) is 16.4. The molecule has 0 bridgehead atoms. The van der Waals surface area contributed by atoms with E-state index >= 15 is 0 Å². The lowest BCUT2D eigenvalue weighted by Crippen LogP contribution is -2.32. The molecule has 0 spiro atoms. The number of carboxylic acid groups (broad SMARTS) is 1. The predicted octanol–water partition coefficient (Wildman–Crippen LogP) is 4.72. The normalized spacial score (nSPS) is 11.5. The van der Waals surface area contributed by atoms with Crippen LogP contribution in [0.5, 0.6) is 17.2 Å². The van der Waals surface area contributed by atoms with E-state index in [9.17, 15) is 14.4 Å². The lowest BCUT2D eigenvalue weighted by Gasteiger charge is -2.11. The number of carboxylic acids is 1. The van der Waals surface area contributed by atoms with E-state index in [0.29, 0.717) is 36.0 Å². The average molecular weight is 577 g/mol. The van der Waals surface area contributed by atoms with Crippen LogP contribution in [0.25, 0.3) is 6.08 Å². The van der Waals surface area contributed by atoms with Crippen molar-refractivity contribution in [2.24, 2.45) is 5.73 Å². The highest BCUT2D eigenvalue weighted by molar-refractivity contribution is 6.06. The van der Waals surface area contributed by atoms with Crippen molar-refractivity contribution in [1.82, 2.24) is 0 Å². The van der Waals surface area contributed by atoms with Gasteiger partial charge in [-0.3, -0.25) is 9.59 Å². The number of nitrogens with two attached hydrogens (primary N) is 1. The van der Waals surface area contributed by atoms with E-state index in [2.05, 4.69) is 5.32 Å². The van der Waals surface area contributed by atoms with E-state index in [1.54, 1.807) is 79.9 Å². The van der Waals surface area contributed by atoms with Crippen molar-refractivity contribution in [2.75, 3.05) is 32.8 Å². The first-order chi connectivity index (χ1) is 20.3. The lowest BCUT2D eigenvalue weighted by atomic mass is 10.1. The lowest BCUT2D eigenvalue weighted by molar-refractivity contribution is -0.138. The van der Waals surface area contributed by atoms with Crippen molar-refractivity contribution in [3.05, 3.63) is 89.5 Å². The van der Waals surface area contributed by atoms with Crippen LogP contribution >= 0.6 is 0 Å². The summed E-state index contributed by atoms with van der Waals surface area (Å²) in [6.45, 7) is 0.729. The zero-order valence-electron chi connectivity index (χ0n) is 23.7. The molecular weight excluding hydrogens is 540 g/mol. The van der Waals surface area contributed by atoms with Crippen LogP contribution < -0.4 is 25.3 Å². The number of methoxy groups -OCH3 is 2. The summed E-state index contributed by atoms with van der Waals surface area (Å²) in [5.74, 6) is -0.131. The molecule has 10 nitrogen and oxygen atoms in total. The van der Waals surface area contributed by atoms with Crippen LogP contribution in [0.15, 0.2) is 72.8 Å². The Balaban J connectivity index is 1.39. The number of unbranched alkanes of at least 4 members (excludes halogenated alkanes) is 2. The number of esters is 1. The second-order valence-electron chi connectivity index (χ2n) is 9.32. The molecule has 0 unspecified atom stereocenters. The smallest absolute Gasteiger partial charge is 0.340 e. The van der Waals surface area contributed by atoms with Gasteiger partial charge < -0.3 is 35.1 Å². The summed E-state index contributed by atoms with van der Waals surface area (Å²) in [5, 5.41) is 11.6. The number of hydrogen-bond donors (Lipinski definition) is 3. The van der Waals surface area contributed by atoms with Crippen LogP contribution in [-0.4, -0.2) is 56.4 Å². The van der Waals surface area contributed by atoms with Gasteiger partial charge in [0.05, 0.1) is 38.7 Å². The third kappa shape index (κ3) is 9.97. The fourth-order valence-corrected chi connectivity index (χ4v) is 3.95. The number of anilines is 1. The average Bonchev–Trinajstić information content (AvgIpc) is 3.00. The van der Waals surface area contributed by atoms with Crippen molar-refractivity contribution in [3.63, 3.8) is 0 Å². The third-order valence-electron chi connectivity index (χ3n) is 6.23. The van der Waals surface area contributed by atoms with Crippen molar-refractivity contribution < 1.29 is 38.4 Å². The fourth-order valence-electron chi connectivity index (χ4n) is 3.95. The molecule has 0 aliphatic heterocycles. The van der Waals surface area contributed by atoms with Gasteiger partial charge in [0.15, 0.2) is 11.5 Å². The number of carbonyl (C=O) groups is 3. The highest BCUT2D eigenvalue weighted by atomic mass is 16.5. The summed E-state index contributed by atoms with van der Waals surface area (Å²) in [4.78, 5) is 36.1. The number of amides is 1. The fraction of sp³-hybridized carbons (Fsp3) is 0.281. The standard InChI is InChI=1S/C32H36N2O8/c1-39-28-16-12-23(21-29(28)40-2)13-17-30(35)34-27-9-5-4-8-25(27)32(38)42-19-7-3-6-18-41-24-14-10-22(11-15-24)20-26(33)31(36)37/h4-5,8-17,21,26H,3,6-7,18-20,33H2,1-2H3,(H,34,35)(H,36,37)/t26-/m0/s1. The summed E-state index contributed by atoms with van der Waals surface area (Å²) < 4.78 is 21.7. The zero-order chi connectivity index (χ0) is 30.3. The summed E-state index contributed by atoms with van der Waals surface area (Å²) >= 11 is 0. The summed E-state index contributed by atoms with van der Waals surface area (Å²) in [7, 11) is 3.09. The number of rotatable bonds is 16.